The summed E-state index contributed by atoms with van der Waals surface area (Å²) in [6.07, 6.45) is 7.67. The Balaban J connectivity index is 1.45. The summed E-state index contributed by atoms with van der Waals surface area (Å²) in [5, 5.41) is 6.45. The first-order valence-corrected chi connectivity index (χ1v) is 9.17. The van der Waals surface area contributed by atoms with Gasteiger partial charge in [0.25, 0.3) is 0 Å². The van der Waals surface area contributed by atoms with E-state index in [0.717, 1.165) is 50.8 Å². The Kier molecular flexibility index (Phi) is 7.76. The third-order valence-corrected chi connectivity index (χ3v) is 5.16. The van der Waals surface area contributed by atoms with Crippen molar-refractivity contribution in [2.45, 2.75) is 44.6 Å². The van der Waals surface area contributed by atoms with Crippen molar-refractivity contribution in [2.75, 3.05) is 37.7 Å². The van der Waals surface area contributed by atoms with Gasteiger partial charge in [0.05, 0.1) is 11.9 Å². The maximum atomic E-state index is 11.7. The second-order valence-corrected chi connectivity index (χ2v) is 6.88. The molecular formula is C15H28N2O2S. The summed E-state index contributed by atoms with van der Waals surface area (Å²) in [4.78, 5) is 11.7. The largest absolute Gasteiger partial charge is 0.377 e. The quantitative estimate of drug-likeness (QED) is 0.753. The van der Waals surface area contributed by atoms with E-state index in [0.29, 0.717) is 11.9 Å². The molecule has 116 valence electrons. The van der Waals surface area contributed by atoms with Crippen molar-refractivity contribution in [1.29, 1.82) is 0 Å². The average molecular weight is 300 g/mol. The minimum atomic E-state index is 0.176. The topological polar surface area (TPSA) is 50.4 Å². The van der Waals surface area contributed by atoms with Crippen molar-refractivity contribution in [2.24, 2.45) is 5.92 Å². The van der Waals surface area contributed by atoms with E-state index in [2.05, 4.69) is 10.6 Å². The van der Waals surface area contributed by atoms with Crippen LogP contribution in [0.5, 0.6) is 0 Å². The van der Waals surface area contributed by atoms with Gasteiger partial charge in [-0.3, -0.25) is 4.79 Å². The van der Waals surface area contributed by atoms with Crippen LogP contribution in [0.25, 0.3) is 0 Å². The summed E-state index contributed by atoms with van der Waals surface area (Å²) in [6.45, 7) is 3.99. The molecule has 5 heteroatoms. The highest BCUT2D eigenvalue weighted by Gasteiger charge is 2.15. The minimum absolute atomic E-state index is 0.176. The van der Waals surface area contributed by atoms with E-state index >= 15 is 0 Å². The first-order valence-electron chi connectivity index (χ1n) is 8.01. The van der Waals surface area contributed by atoms with Gasteiger partial charge >= 0.3 is 0 Å². The van der Waals surface area contributed by atoms with Gasteiger partial charge in [0.2, 0.25) is 5.91 Å². The van der Waals surface area contributed by atoms with Gasteiger partial charge in [-0.2, -0.15) is 0 Å². The van der Waals surface area contributed by atoms with Crippen molar-refractivity contribution in [1.82, 2.24) is 10.6 Å². The van der Waals surface area contributed by atoms with Gasteiger partial charge in [-0.1, -0.05) is 0 Å². The molecule has 2 rings (SSSR count). The van der Waals surface area contributed by atoms with Gasteiger partial charge in [-0.05, 0) is 57.5 Å². The molecule has 2 N–H and O–H groups in total. The van der Waals surface area contributed by atoms with Crippen molar-refractivity contribution in [3.63, 3.8) is 0 Å². The average Bonchev–Trinajstić information content (AvgIpc) is 2.49. The first kappa shape index (κ1) is 16.1. The monoisotopic (exact) mass is 300 g/mol. The van der Waals surface area contributed by atoms with E-state index in [1.807, 2.05) is 0 Å². The lowest BCUT2D eigenvalue weighted by Crippen LogP contribution is -2.33. The lowest BCUT2D eigenvalue weighted by atomic mass is 9.96. The Morgan fingerprint density at radius 2 is 2.25 bits per heavy atom. The predicted molar refractivity (Wildman–Crippen MR) is 84.1 cm³/mol. The number of thioether (sulfide) groups is 1. The molecular weight excluding hydrogens is 272 g/mol. The van der Waals surface area contributed by atoms with Crippen molar-refractivity contribution >= 4 is 17.7 Å². The van der Waals surface area contributed by atoms with Gasteiger partial charge in [0.1, 0.15) is 0 Å². The normalized spacial score (nSPS) is 27.2. The Bertz CT molecular complexity index is 251. The van der Waals surface area contributed by atoms with Crippen LogP contribution in [-0.4, -0.2) is 49.8 Å². The van der Waals surface area contributed by atoms with E-state index in [9.17, 15) is 4.79 Å². The summed E-state index contributed by atoms with van der Waals surface area (Å²) in [7, 11) is 0. The van der Waals surface area contributed by atoms with Gasteiger partial charge < -0.3 is 15.4 Å². The molecule has 0 radical (unpaired) electrons. The molecule has 1 amide bonds. The summed E-state index contributed by atoms with van der Waals surface area (Å²) in [5.74, 6) is 2.45. The van der Waals surface area contributed by atoms with Gasteiger partial charge in [0.15, 0.2) is 0 Å². The summed E-state index contributed by atoms with van der Waals surface area (Å²) in [5.41, 5.74) is 0. The van der Waals surface area contributed by atoms with Crippen LogP contribution in [0.15, 0.2) is 0 Å². The van der Waals surface area contributed by atoms with Crippen LogP contribution in [0.4, 0.5) is 0 Å². The number of nitrogens with one attached hydrogen (secondary N) is 2. The molecule has 0 aromatic carbocycles. The summed E-state index contributed by atoms with van der Waals surface area (Å²) >= 11 is 1.70. The number of ether oxygens (including phenoxy) is 1. The number of hydrogen-bond acceptors (Lipinski definition) is 4. The van der Waals surface area contributed by atoms with Crippen LogP contribution < -0.4 is 10.6 Å². The van der Waals surface area contributed by atoms with E-state index in [1.165, 1.54) is 25.7 Å². The summed E-state index contributed by atoms with van der Waals surface area (Å²) < 4.78 is 5.66. The molecule has 0 saturated carbocycles. The molecule has 0 aromatic rings. The van der Waals surface area contributed by atoms with E-state index in [1.54, 1.807) is 11.8 Å². The number of hydrogen-bond donors (Lipinski definition) is 2. The number of rotatable bonds is 7. The standard InChI is InChI=1S/C15H28N2O2S/c18-15(12-20-11-14-5-1-2-9-19-14)17-8-6-13-4-3-7-16-10-13/h13-14,16H,1-12H2,(H,17,18). The third-order valence-electron chi connectivity index (χ3n) is 4.08. The zero-order chi connectivity index (χ0) is 14.0. The fourth-order valence-corrected chi connectivity index (χ4v) is 3.79. The minimum Gasteiger partial charge on any atom is -0.377 e. The molecule has 4 nitrogen and oxygen atoms in total. The zero-order valence-corrected chi connectivity index (χ0v) is 13.2. The number of carbonyl (C=O) groups is 1. The number of carbonyl (C=O) groups excluding carboxylic acids is 1. The Labute approximate surface area is 126 Å². The molecule has 2 atom stereocenters. The summed E-state index contributed by atoms with van der Waals surface area (Å²) in [6, 6.07) is 0. The molecule has 2 saturated heterocycles. The van der Waals surface area contributed by atoms with E-state index in [4.69, 9.17) is 4.74 Å². The molecule has 2 aliphatic heterocycles. The van der Waals surface area contributed by atoms with Crippen LogP contribution in [0.2, 0.25) is 0 Å². The zero-order valence-electron chi connectivity index (χ0n) is 12.4. The number of piperidine rings is 1. The highest BCUT2D eigenvalue weighted by Crippen LogP contribution is 2.17. The molecule has 0 aliphatic carbocycles. The number of amides is 1. The predicted octanol–water partition coefficient (Wildman–Crippen LogP) is 1.79. The lowest BCUT2D eigenvalue weighted by molar-refractivity contribution is -0.118. The molecule has 2 fully saturated rings. The SMILES string of the molecule is O=C(CSCC1CCCCO1)NCCC1CCCNC1. The van der Waals surface area contributed by atoms with Crippen molar-refractivity contribution < 1.29 is 9.53 Å². The van der Waals surface area contributed by atoms with Gasteiger partial charge in [0, 0.05) is 18.9 Å². The van der Waals surface area contributed by atoms with E-state index < -0.39 is 0 Å². The van der Waals surface area contributed by atoms with Crippen LogP contribution in [-0.2, 0) is 9.53 Å². The fraction of sp³-hybridized carbons (Fsp3) is 0.933. The van der Waals surface area contributed by atoms with Crippen LogP contribution in [0, 0.1) is 5.92 Å². The fourth-order valence-electron chi connectivity index (χ4n) is 2.86. The molecule has 2 unspecified atom stereocenters. The molecule has 0 bridgehead atoms. The van der Waals surface area contributed by atoms with Crippen LogP contribution in [0.3, 0.4) is 0 Å². The third kappa shape index (κ3) is 6.46. The van der Waals surface area contributed by atoms with Crippen LogP contribution >= 0.6 is 11.8 Å². The lowest BCUT2D eigenvalue weighted by Gasteiger charge is -2.23. The molecule has 2 heterocycles. The van der Waals surface area contributed by atoms with Gasteiger partial charge in [-0.25, -0.2) is 0 Å². The molecule has 0 aromatic heterocycles. The molecule has 0 spiro atoms. The first-order chi connectivity index (χ1) is 9.84. The maximum absolute atomic E-state index is 11.7. The van der Waals surface area contributed by atoms with E-state index in [-0.39, 0.29) is 5.91 Å². The Morgan fingerprint density at radius 1 is 1.30 bits per heavy atom. The van der Waals surface area contributed by atoms with Crippen molar-refractivity contribution in [3.05, 3.63) is 0 Å². The Hall–Kier alpha value is -0.260. The van der Waals surface area contributed by atoms with Gasteiger partial charge in [-0.15, -0.1) is 11.8 Å². The highest BCUT2D eigenvalue weighted by atomic mass is 32.2. The Morgan fingerprint density at radius 3 is 3.00 bits per heavy atom. The molecule has 20 heavy (non-hydrogen) atoms. The van der Waals surface area contributed by atoms with Crippen LogP contribution in [0.1, 0.15) is 38.5 Å². The highest BCUT2D eigenvalue weighted by molar-refractivity contribution is 7.99. The smallest absolute Gasteiger partial charge is 0.229 e. The maximum Gasteiger partial charge on any atom is 0.229 e. The molecule has 2 aliphatic rings. The van der Waals surface area contributed by atoms with Crippen molar-refractivity contribution in [3.8, 4) is 0 Å². The second-order valence-electron chi connectivity index (χ2n) is 5.85. The second kappa shape index (κ2) is 9.64.